The highest BCUT2D eigenvalue weighted by atomic mass is 19.2. The van der Waals surface area contributed by atoms with Crippen molar-refractivity contribution in [3.05, 3.63) is 29.6 Å². The molecule has 0 bridgehead atoms. The molecule has 3 nitrogen and oxygen atoms in total. The number of rotatable bonds is 3. The van der Waals surface area contributed by atoms with Crippen LogP contribution in [0.5, 0.6) is 0 Å². The maximum absolute atomic E-state index is 13.4. The van der Waals surface area contributed by atoms with E-state index < -0.39 is 17.7 Å². The lowest BCUT2D eigenvalue weighted by molar-refractivity contribution is 0.0921. The first kappa shape index (κ1) is 12.9. The van der Waals surface area contributed by atoms with Gasteiger partial charge in [0.05, 0.1) is 5.56 Å². The van der Waals surface area contributed by atoms with Crippen molar-refractivity contribution in [3.63, 3.8) is 0 Å². The van der Waals surface area contributed by atoms with Crippen LogP contribution in [0.4, 0.5) is 8.78 Å². The summed E-state index contributed by atoms with van der Waals surface area (Å²) in [4.78, 5) is 15.0. The molecule has 0 radical (unpaired) electrons. The summed E-state index contributed by atoms with van der Waals surface area (Å²) in [5.74, 6) is -2.57. The van der Waals surface area contributed by atoms with E-state index in [9.17, 15) is 13.6 Å². The number of hydrogen-bond acceptors (Lipinski definition) is 2. The lowest BCUT2D eigenvalue weighted by Gasteiger charge is -2.20. The van der Waals surface area contributed by atoms with Gasteiger partial charge in [0.1, 0.15) is 0 Å². The minimum Gasteiger partial charge on any atom is -0.349 e. The molecule has 1 aliphatic carbocycles. The van der Waals surface area contributed by atoms with E-state index in [4.69, 9.17) is 0 Å². The van der Waals surface area contributed by atoms with Gasteiger partial charge >= 0.3 is 0 Å². The Balaban J connectivity index is 2.05. The number of carbonyl (C=O) groups excluding carboxylic acids is 1. The van der Waals surface area contributed by atoms with Gasteiger partial charge < -0.3 is 5.32 Å². The van der Waals surface area contributed by atoms with Crippen molar-refractivity contribution in [2.75, 3.05) is 0 Å². The summed E-state index contributed by atoms with van der Waals surface area (Å²) >= 11 is 0. The molecule has 1 amide bonds. The summed E-state index contributed by atoms with van der Waals surface area (Å²) in [6.07, 6.45) is 5.59. The number of amides is 1. The van der Waals surface area contributed by atoms with Gasteiger partial charge in [-0.3, -0.25) is 4.79 Å². The number of halogens is 2. The molecule has 5 heteroatoms. The van der Waals surface area contributed by atoms with E-state index in [-0.39, 0.29) is 11.6 Å². The smallest absolute Gasteiger partial charge is 0.254 e. The van der Waals surface area contributed by atoms with Crippen molar-refractivity contribution in [2.45, 2.75) is 38.6 Å². The fourth-order valence-electron chi connectivity index (χ4n) is 2.45. The topological polar surface area (TPSA) is 42.0 Å². The van der Waals surface area contributed by atoms with Crippen LogP contribution in [0.3, 0.4) is 0 Å². The van der Waals surface area contributed by atoms with Crippen LogP contribution in [0.15, 0.2) is 12.3 Å². The average molecular weight is 254 g/mol. The third-order valence-corrected chi connectivity index (χ3v) is 3.56. The van der Waals surface area contributed by atoms with Crippen LogP contribution < -0.4 is 5.32 Å². The second kappa shape index (κ2) is 5.42. The molecule has 98 valence electrons. The molecule has 18 heavy (non-hydrogen) atoms. The normalized spacial score (nSPS) is 17.7. The van der Waals surface area contributed by atoms with Crippen LogP contribution in [-0.4, -0.2) is 16.9 Å². The van der Waals surface area contributed by atoms with Gasteiger partial charge in [-0.2, -0.15) is 4.39 Å². The first-order chi connectivity index (χ1) is 8.59. The molecule has 1 aromatic heterocycles. The molecule has 1 unspecified atom stereocenters. The fourth-order valence-corrected chi connectivity index (χ4v) is 2.45. The summed E-state index contributed by atoms with van der Waals surface area (Å²) in [7, 11) is 0. The second-order valence-corrected chi connectivity index (χ2v) is 4.77. The van der Waals surface area contributed by atoms with Crippen molar-refractivity contribution < 1.29 is 13.6 Å². The van der Waals surface area contributed by atoms with Crippen LogP contribution in [0.1, 0.15) is 43.0 Å². The molecular formula is C13H16F2N2O. The summed E-state index contributed by atoms with van der Waals surface area (Å²) in [5, 5.41) is 2.73. The van der Waals surface area contributed by atoms with E-state index in [1.54, 1.807) is 0 Å². The number of nitrogens with zero attached hydrogens (tertiary/aromatic N) is 1. The van der Waals surface area contributed by atoms with Gasteiger partial charge in [-0.15, -0.1) is 0 Å². The van der Waals surface area contributed by atoms with Gasteiger partial charge in [-0.05, 0) is 31.7 Å². The maximum atomic E-state index is 13.4. The molecular weight excluding hydrogens is 238 g/mol. The van der Waals surface area contributed by atoms with E-state index in [1.807, 2.05) is 6.92 Å². The van der Waals surface area contributed by atoms with Crippen LogP contribution in [0.25, 0.3) is 0 Å². The Bertz CT molecular complexity index is 445. The zero-order valence-corrected chi connectivity index (χ0v) is 10.2. The zero-order chi connectivity index (χ0) is 13.1. The second-order valence-electron chi connectivity index (χ2n) is 4.77. The Morgan fingerprint density at radius 3 is 2.78 bits per heavy atom. The highest BCUT2D eigenvalue weighted by Gasteiger charge is 2.24. The van der Waals surface area contributed by atoms with Gasteiger partial charge in [0.15, 0.2) is 5.82 Å². The molecule has 0 spiro atoms. The summed E-state index contributed by atoms with van der Waals surface area (Å²) < 4.78 is 26.3. The summed E-state index contributed by atoms with van der Waals surface area (Å²) in [6, 6.07) is 1.17. The van der Waals surface area contributed by atoms with Crippen LogP contribution in [-0.2, 0) is 0 Å². The third-order valence-electron chi connectivity index (χ3n) is 3.56. The molecule has 1 aliphatic rings. The lowest BCUT2D eigenvalue weighted by Crippen LogP contribution is -2.37. The minimum absolute atomic E-state index is 0.0179. The summed E-state index contributed by atoms with van der Waals surface area (Å²) in [5.41, 5.74) is -0.285. The molecule has 2 rings (SSSR count). The van der Waals surface area contributed by atoms with Crippen molar-refractivity contribution in [2.24, 2.45) is 5.92 Å². The molecule has 1 aromatic rings. The first-order valence-corrected chi connectivity index (χ1v) is 6.20. The van der Waals surface area contributed by atoms with Gasteiger partial charge in [-0.25, -0.2) is 9.37 Å². The van der Waals surface area contributed by atoms with E-state index in [1.165, 1.54) is 18.9 Å². The van der Waals surface area contributed by atoms with Crippen LogP contribution in [0, 0.1) is 17.7 Å². The maximum Gasteiger partial charge on any atom is 0.254 e. The van der Waals surface area contributed by atoms with Crippen molar-refractivity contribution in [1.82, 2.24) is 10.3 Å². The molecule has 1 heterocycles. The Labute approximate surface area is 105 Å². The van der Waals surface area contributed by atoms with Gasteiger partial charge in [0.2, 0.25) is 5.95 Å². The molecule has 1 fully saturated rings. The molecule has 1 N–H and O–H groups in total. The van der Waals surface area contributed by atoms with Crippen molar-refractivity contribution in [1.29, 1.82) is 0 Å². The van der Waals surface area contributed by atoms with E-state index in [0.717, 1.165) is 19.0 Å². The molecule has 1 saturated carbocycles. The predicted molar refractivity (Wildman–Crippen MR) is 63.0 cm³/mol. The Morgan fingerprint density at radius 1 is 1.44 bits per heavy atom. The highest BCUT2D eigenvalue weighted by molar-refractivity contribution is 5.94. The Hall–Kier alpha value is -1.52. The molecule has 0 aliphatic heterocycles. The largest absolute Gasteiger partial charge is 0.349 e. The van der Waals surface area contributed by atoms with E-state index in [0.29, 0.717) is 5.92 Å². The Kier molecular flexibility index (Phi) is 3.89. The number of aromatic nitrogens is 1. The zero-order valence-electron chi connectivity index (χ0n) is 10.2. The average Bonchev–Trinajstić information content (AvgIpc) is 2.86. The third kappa shape index (κ3) is 2.66. The number of pyridine rings is 1. The molecule has 0 saturated heterocycles. The molecule has 1 atom stereocenters. The number of nitrogens with one attached hydrogen (secondary N) is 1. The van der Waals surface area contributed by atoms with Gasteiger partial charge in [0, 0.05) is 12.2 Å². The van der Waals surface area contributed by atoms with Gasteiger partial charge in [-0.1, -0.05) is 12.8 Å². The van der Waals surface area contributed by atoms with Gasteiger partial charge in [0.25, 0.3) is 5.91 Å². The van der Waals surface area contributed by atoms with Crippen molar-refractivity contribution >= 4 is 5.91 Å². The lowest BCUT2D eigenvalue weighted by atomic mass is 9.99. The fraction of sp³-hybridized carbons (Fsp3) is 0.538. The minimum atomic E-state index is -1.24. The Morgan fingerprint density at radius 2 is 2.11 bits per heavy atom. The number of hydrogen-bond donors (Lipinski definition) is 1. The monoisotopic (exact) mass is 254 g/mol. The number of carbonyl (C=O) groups is 1. The van der Waals surface area contributed by atoms with Crippen molar-refractivity contribution in [3.8, 4) is 0 Å². The first-order valence-electron chi connectivity index (χ1n) is 6.20. The SMILES string of the molecule is CC(NC(=O)c1ccnc(F)c1F)C1CCCC1. The standard InChI is InChI=1S/C13H16F2N2O/c1-8(9-4-2-3-5-9)17-13(18)10-6-7-16-12(15)11(10)14/h6-9H,2-5H2,1H3,(H,17,18). The quantitative estimate of drug-likeness (QED) is 0.843. The van der Waals surface area contributed by atoms with E-state index >= 15 is 0 Å². The van der Waals surface area contributed by atoms with Crippen LogP contribution >= 0.6 is 0 Å². The highest BCUT2D eigenvalue weighted by Crippen LogP contribution is 2.27. The summed E-state index contributed by atoms with van der Waals surface area (Å²) in [6.45, 7) is 1.91. The van der Waals surface area contributed by atoms with Crippen LogP contribution in [0.2, 0.25) is 0 Å². The van der Waals surface area contributed by atoms with E-state index in [2.05, 4.69) is 10.3 Å². The molecule has 0 aromatic carbocycles. The predicted octanol–water partition coefficient (Wildman–Crippen LogP) is 2.67.